The van der Waals surface area contributed by atoms with Crippen molar-refractivity contribution < 1.29 is 13.6 Å². The van der Waals surface area contributed by atoms with Gasteiger partial charge in [0.05, 0.1) is 12.2 Å². The van der Waals surface area contributed by atoms with Gasteiger partial charge >= 0.3 is 0 Å². The molecule has 0 bridgehead atoms. The Morgan fingerprint density at radius 2 is 1.48 bits per heavy atom. The van der Waals surface area contributed by atoms with Crippen LogP contribution in [-0.2, 0) is 4.79 Å². The Labute approximate surface area is 162 Å². The van der Waals surface area contributed by atoms with Crippen molar-refractivity contribution in [3.05, 3.63) is 29.8 Å². The Hall–Kier alpha value is -1.53. The van der Waals surface area contributed by atoms with E-state index < -0.39 is 0 Å². The van der Waals surface area contributed by atoms with Gasteiger partial charge in [0.25, 0.3) is 0 Å². The predicted octanol–water partition coefficient (Wildman–Crippen LogP) is 3.98. The third-order valence-corrected chi connectivity index (χ3v) is 4.86. The van der Waals surface area contributed by atoms with E-state index in [9.17, 15) is 13.6 Å². The van der Waals surface area contributed by atoms with Crippen LogP contribution in [0.3, 0.4) is 0 Å². The molecule has 0 radical (unpaired) electrons. The lowest BCUT2D eigenvalue weighted by atomic mass is 10.0. The minimum atomic E-state index is -0.380. The molecule has 2 aliphatic rings. The molecule has 1 aliphatic carbocycles. The van der Waals surface area contributed by atoms with E-state index in [4.69, 9.17) is 5.73 Å². The Morgan fingerprint density at radius 1 is 1.00 bits per heavy atom. The van der Waals surface area contributed by atoms with Gasteiger partial charge in [-0.15, -0.1) is 0 Å². The summed E-state index contributed by atoms with van der Waals surface area (Å²) >= 11 is 0. The summed E-state index contributed by atoms with van der Waals surface area (Å²) in [6.07, 6.45) is 9.00. The van der Waals surface area contributed by atoms with E-state index in [1.54, 1.807) is 0 Å². The first kappa shape index (κ1) is 23.5. The van der Waals surface area contributed by atoms with Gasteiger partial charge in [0.1, 0.15) is 17.4 Å². The SMILES string of the molecule is C1CCCCC1.CC(=O)CN.CCN1CCN(c2cc(F)ccc2F)CC1. The molecule has 1 aliphatic heterocycles. The molecule has 0 amide bonds. The average Bonchev–Trinajstić information content (AvgIpc) is 2.72. The van der Waals surface area contributed by atoms with Gasteiger partial charge in [0.15, 0.2) is 0 Å². The van der Waals surface area contributed by atoms with Gasteiger partial charge in [-0.25, -0.2) is 8.78 Å². The number of ketones is 1. The van der Waals surface area contributed by atoms with E-state index in [2.05, 4.69) is 11.8 Å². The zero-order valence-corrected chi connectivity index (χ0v) is 16.9. The number of rotatable bonds is 3. The zero-order valence-electron chi connectivity index (χ0n) is 16.9. The van der Waals surface area contributed by atoms with Gasteiger partial charge in [-0.3, -0.25) is 4.79 Å². The van der Waals surface area contributed by atoms with Gasteiger partial charge in [0.2, 0.25) is 0 Å². The highest BCUT2D eigenvalue weighted by molar-refractivity contribution is 5.77. The summed E-state index contributed by atoms with van der Waals surface area (Å²) in [6, 6.07) is 3.62. The van der Waals surface area contributed by atoms with E-state index in [-0.39, 0.29) is 24.0 Å². The molecule has 1 saturated heterocycles. The number of hydrogen-bond acceptors (Lipinski definition) is 4. The second-order valence-electron chi connectivity index (χ2n) is 7.04. The summed E-state index contributed by atoms with van der Waals surface area (Å²) in [4.78, 5) is 13.9. The number of nitrogens with zero attached hydrogens (tertiary/aromatic N) is 2. The second-order valence-corrected chi connectivity index (χ2v) is 7.04. The first-order valence-corrected chi connectivity index (χ1v) is 10.1. The molecule has 6 heteroatoms. The Morgan fingerprint density at radius 3 is 1.89 bits per heavy atom. The van der Waals surface area contributed by atoms with E-state index in [1.165, 1.54) is 57.6 Å². The quantitative estimate of drug-likeness (QED) is 0.858. The van der Waals surface area contributed by atoms with Gasteiger partial charge in [-0.05, 0) is 25.6 Å². The number of likely N-dealkylation sites (N-methyl/N-ethyl adjacent to an activating group) is 1. The van der Waals surface area contributed by atoms with Crippen molar-refractivity contribution in [2.24, 2.45) is 5.73 Å². The zero-order chi connectivity index (χ0) is 20.1. The molecule has 2 fully saturated rings. The molecule has 0 aromatic heterocycles. The van der Waals surface area contributed by atoms with Crippen LogP contribution in [0.1, 0.15) is 52.4 Å². The van der Waals surface area contributed by atoms with Crippen LogP contribution in [0.4, 0.5) is 14.5 Å². The highest BCUT2D eigenvalue weighted by Crippen LogP contribution is 2.21. The summed E-state index contributed by atoms with van der Waals surface area (Å²) in [5.74, 6) is -0.689. The van der Waals surface area contributed by atoms with Crippen LogP contribution >= 0.6 is 0 Å². The summed E-state index contributed by atoms with van der Waals surface area (Å²) in [5, 5.41) is 0. The number of benzene rings is 1. The number of hydrogen-bond donors (Lipinski definition) is 1. The lowest BCUT2D eigenvalue weighted by molar-refractivity contribution is -0.115. The lowest BCUT2D eigenvalue weighted by Crippen LogP contribution is -2.46. The van der Waals surface area contributed by atoms with Gasteiger partial charge in [-0.2, -0.15) is 0 Å². The number of nitrogens with two attached hydrogens (primary N) is 1. The summed E-state index contributed by atoms with van der Waals surface area (Å²) in [7, 11) is 0. The van der Waals surface area contributed by atoms with Crippen molar-refractivity contribution in [1.29, 1.82) is 0 Å². The predicted molar refractivity (Wildman–Crippen MR) is 108 cm³/mol. The van der Waals surface area contributed by atoms with Crippen molar-refractivity contribution in [2.45, 2.75) is 52.4 Å². The average molecular weight is 384 g/mol. The monoisotopic (exact) mass is 383 g/mol. The normalized spacial score (nSPS) is 17.3. The van der Waals surface area contributed by atoms with Crippen LogP contribution in [0.25, 0.3) is 0 Å². The summed E-state index contributed by atoms with van der Waals surface area (Å²) in [5.41, 5.74) is 5.21. The van der Waals surface area contributed by atoms with Crippen molar-refractivity contribution in [3.63, 3.8) is 0 Å². The van der Waals surface area contributed by atoms with Crippen molar-refractivity contribution in [1.82, 2.24) is 4.90 Å². The van der Waals surface area contributed by atoms with E-state index in [0.29, 0.717) is 5.69 Å². The molecule has 27 heavy (non-hydrogen) atoms. The molecule has 1 heterocycles. The number of anilines is 1. The molecule has 1 aromatic rings. The fraction of sp³-hybridized carbons (Fsp3) is 0.667. The molecule has 0 spiro atoms. The molecular formula is C21H35F2N3O. The number of Topliss-reactive ketones (excluding diaryl/α,β-unsaturated/α-hetero) is 1. The van der Waals surface area contributed by atoms with Crippen LogP contribution in [0.15, 0.2) is 18.2 Å². The molecule has 1 aromatic carbocycles. The van der Waals surface area contributed by atoms with E-state index in [0.717, 1.165) is 38.8 Å². The molecule has 3 rings (SSSR count). The van der Waals surface area contributed by atoms with Crippen molar-refractivity contribution in [2.75, 3.05) is 44.2 Å². The highest BCUT2D eigenvalue weighted by atomic mass is 19.1. The largest absolute Gasteiger partial charge is 0.367 e. The van der Waals surface area contributed by atoms with Crippen LogP contribution in [0, 0.1) is 11.6 Å². The van der Waals surface area contributed by atoms with Crippen molar-refractivity contribution in [3.8, 4) is 0 Å². The smallest absolute Gasteiger partial charge is 0.146 e. The fourth-order valence-electron chi connectivity index (χ4n) is 3.09. The number of carbonyl (C=O) groups excluding carboxylic acids is 1. The van der Waals surface area contributed by atoms with Crippen LogP contribution in [-0.4, -0.2) is 50.0 Å². The first-order valence-electron chi connectivity index (χ1n) is 10.1. The maximum atomic E-state index is 13.5. The van der Waals surface area contributed by atoms with Crippen LogP contribution in [0.2, 0.25) is 0 Å². The van der Waals surface area contributed by atoms with Crippen LogP contribution in [0.5, 0.6) is 0 Å². The number of halogens is 2. The van der Waals surface area contributed by atoms with Gasteiger partial charge in [0, 0.05) is 32.2 Å². The first-order chi connectivity index (χ1) is 13.0. The fourth-order valence-corrected chi connectivity index (χ4v) is 3.09. The maximum absolute atomic E-state index is 13.5. The molecule has 0 unspecified atom stereocenters. The van der Waals surface area contributed by atoms with Gasteiger partial charge < -0.3 is 15.5 Å². The van der Waals surface area contributed by atoms with E-state index in [1.807, 2.05) is 4.90 Å². The lowest BCUT2D eigenvalue weighted by Gasteiger charge is -2.35. The molecule has 154 valence electrons. The minimum absolute atomic E-state index is 0.0324. The molecule has 0 atom stereocenters. The highest BCUT2D eigenvalue weighted by Gasteiger charge is 2.18. The third kappa shape index (κ3) is 9.82. The molecular weight excluding hydrogens is 348 g/mol. The Kier molecular flexibility index (Phi) is 11.9. The van der Waals surface area contributed by atoms with Crippen molar-refractivity contribution >= 4 is 11.5 Å². The molecule has 2 N–H and O–H groups in total. The second kappa shape index (κ2) is 13.6. The summed E-state index contributed by atoms with van der Waals surface area (Å²) < 4.78 is 26.6. The summed E-state index contributed by atoms with van der Waals surface area (Å²) in [6.45, 7) is 8.08. The standard InChI is InChI=1S/C12H16F2N2.C6H12.C3H7NO/c1-2-15-5-7-16(8-6-15)12-9-10(13)3-4-11(12)14;1-2-4-6-5-3-1;1-3(5)2-4/h3-4,9H,2,5-8H2,1H3;1-6H2;2,4H2,1H3. The van der Waals surface area contributed by atoms with Gasteiger partial charge in [-0.1, -0.05) is 45.4 Å². The number of piperazine rings is 1. The Balaban J connectivity index is 0.000000272. The maximum Gasteiger partial charge on any atom is 0.146 e. The molecule has 1 saturated carbocycles. The molecule has 4 nitrogen and oxygen atoms in total. The minimum Gasteiger partial charge on any atom is -0.367 e. The topological polar surface area (TPSA) is 49.6 Å². The third-order valence-electron chi connectivity index (χ3n) is 4.86. The Bertz CT molecular complexity index is 531. The van der Waals surface area contributed by atoms with E-state index >= 15 is 0 Å². The number of carbonyl (C=O) groups is 1. The van der Waals surface area contributed by atoms with Crippen LogP contribution < -0.4 is 10.6 Å².